The van der Waals surface area contributed by atoms with E-state index in [1.807, 2.05) is 12.1 Å². The van der Waals surface area contributed by atoms with Gasteiger partial charge in [-0.1, -0.05) is 35.3 Å². The number of halogens is 2. The van der Waals surface area contributed by atoms with Gasteiger partial charge >= 0.3 is 0 Å². The molecule has 0 saturated carbocycles. The Kier molecular flexibility index (Phi) is 5.07. The maximum Gasteiger partial charge on any atom is 0.239 e. The van der Waals surface area contributed by atoms with Crippen molar-refractivity contribution < 1.29 is 9.59 Å². The quantitative estimate of drug-likeness (QED) is 0.843. The zero-order chi connectivity index (χ0) is 17.1. The Bertz CT molecular complexity index is 745. The van der Waals surface area contributed by atoms with Crippen molar-refractivity contribution >= 4 is 40.7 Å². The van der Waals surface area contributed by atoms with Crippen LogP contribution in [-0.2, 0) is 16.1 Å². The number of carbonyl (C=O) groups is 2. The summed E-state index contributed by atoms with van der Waals surface area (Å²) < 4.78 is 0. The molecule has 0 radical (unpaired) electrons. The van der Waals surface area contributed by atoms with Crippen LogP contribution in [0.1, 0.15) is 12.0 Å². The predicted molar refractivity (Wildman–Crippen MR) is 95.2 cm³/mol. The van der Waals surface area contributed by atoms with E-state index in [4.69, 9.17) is 23.2 Å². The van der Waals surface area contributed by atoms with Gasteiger partial charge in [-0.2, -0.15) is 0 Å². The van der Waals surface area contributed by atoms with Crippen LogP contribution in [0.4, 0.5) is 5.69 Å². The largest absolute Gasteiger partial charge is 0.351 e. The molecule has 1 atom stereocenters. The van der Waals surface area contributed by atoms with Gasteiger partial charge in [-0.3, -0.25) is 9.59 Å². The van der Waals surface area contributed by atoms with Gasteiger partial charge in [0.15, 0.2) is 0 Å². The SMILES string of the molecule is O=C(NCc1ccc(Cl)cc1)[C@H]1CCN(c2ccc(Cl)cc2)C1=O. The van der Waals surface area contributed by atoms with Crippen molar-refractivity contribution in [3.05, 3.63) is 64.1 Å². The van der Waals surface area contributed by atoms with Crippen molar-refractivity contribution in [2.75, 3.05) is 11.4 Å². The van der Waals surface area contributed by atoms with Crippen LogP contribution in [-0.4, -0.2) is 18.4 Å². The summed E-state index contributed by atoms with van der Waals surface area (Å²) >= 11 is 11.7. The lowest BCUT2D eigenvalue weighted by Crippen LogP contribution is -2.36. The van der Waals surface area contributed by atoms with Crippen LogP contribution in [0.25, 0.3) is 0 Å². The van der Waals surface area contributed by atoms with Gasteiger partial charge < -0.3 is 10.2 Å². The first-order chi connectivity index (χ1) is 11.5. The molecule has 0 unspecified atom stereocenters. The fraction of sp³-hybridized carbons (Fsp3) is 0.222. The molecule has 1 fully saturated rings. The molecule has 2 aromatic carbocycles. The first-order valence-electron chi connectivity index (χ1n) is 7.64. The summed E-state index contributed by atoms with van der Waals surface area (Å²) in [6.07, 6.45) is 0.508. The summed E-state index contributed by atoms with van der Waals surface area (Å²) in [5.41, 5.74) is 1.70. The summed E-state index contributed by atoms with van der Waals surface area (Å²) in [5.74, 6) is -1.06. The van der Waals surface area contributed by atoms with E-state index in [1.54, 1.807) is 41.3 Å². The van der Waals surface area contributed by atoms with Crippen molar-refractivity contribution in [2.24, 2.45) is 5.92 Å². The monoisotopic (exact) mass is 362 g/mol. The second-order valence-electron chi connectivity index (χ2n) is 5.65. The third-order valence-electron chi connectivity index (χ3n) is 4.04. The fourth-order valence-corrected chi connectivity index (χ4v) is 2.97. The predicted octanol–water partition coefficient (Wildman–Crippen LogP) is 3.66. The molecule has 0 bridgehead atoms. The number of hydrogen-bond acceptors (Lipinski definition) is 2. The van der Waals surface area contributed by atoms with Gasteiger partial charge in [0.05, 0.1) is 0 Å². The van der Waals surface area contributed by atoms with E-state index < -0.39 is 5.92 Å². The number of rotatable bonds is 4. The van der Waals surface area contributed by atoms with Crippen LogP contribution < -0.4 is 10.2 Å². The Hall–Kier alpha value is -2.04. The average Bonchev–Trinajstić information content (AvgIpc) is 2.96. The van der Waals surface area contributed by atoms with Crippen molar-refractivity contribution in [1.29, 1.82) is 0 Å². The normalized spacial score (nSPS) is 17.2. The molecule has 1 aliphatic rings. The lowest BCUT2D eigenvalue weighted by molar-refractivity contribution is -0.132. The van der Waals surface area contributed by atoms with E-state index in [9.17, 15) is 9.59 Å². The maximum absolute atomic E-state index is 12.5. The standard InChI is InChI=1S/C18H16Cl2N2O2/c19-13-3-1-12(2-4-13)11-21-17(23)16-9-10-22(18(16)24)15-7-5-14(20)6-8-15/h1-8,16H,9-11H2,(H,21,23)/t16-/m1/s1. The van der Waals surface area contributed by atoms with Gasteiger partial charge in [0.2, 0.25) is 11.8 Å². The Morgan fingerprint density at radius 3 is 2.25 bits per heavy atom. The van der Waals surface area contributed by atoms with Crippen LogP contribution in [0.15, 0.2) is 48.5 Å². The molecule has 1 saturated heterocycles. The van der Waals surface area contributed by atoms with Crippen LogP contribution in [0, 0.1) is 5.92 Å². The summed E-state index contributed by atoms with van der Waals surface area (Å²) in [6, 6.07) is 14.3. The molecule has 0 aliphatic carbocycles. The molecule has 1 aliphatic heterocycles. The zero-order valence-corrected chi connectivity index (χ0v) is 14.3. The second kappa shape index (κ2) is 7.24. The third kappa shape index (κ3) is 3.71. The summed E-state index contributed by atoms with van der Waals surface area (Å²) in [4.78, 5) is 26.5. The molecule has 2 amide bonds. The van der Waals surface area contributed by atoms with Gasteiger partial charge in [0.1, 0.15) is 5.92 Å². The minimum absolute atomic E-state index is 0.175. The third-order valence-corrected chi connectivity index (χ3v) is 4.54. The molecule has 1 heterocycles. The molecular formula is C18H16Cl2N2O2. The van der Waals surface area contributed by atoms with Gasteiger partial charge in [0, 0.05) is 28.8 Å². The van der Waals surface area contributed by atoms with E-state index >= 15 is 0 Å². The fourth-order valence-electron chi connectivity index (χ4n) is 2.72. The van der Waals surface area contributed by atoms with Crippen molar-refractivity contribution in [1.82, 2.24) is 5.32 Å². The van der Waals surface area contributed by atoms with Crippen molar-refractivity contribution in [3.8, 4) is 0 Å². The number of anilines is 1. The molecule has 24 heavy (non-hydrogen) atoms. The van der Waals surface area contributed by atoms with Crippen LogP contribution in [0.2, 0.25) is 10.0 Å². The Morgan fingerprint density at radius 1 is 1.04 bits per heavy atom. The Morgan fingerprint density at radius 2 is 1.62 bits per heavy atom. The summed E-state index contributed by atoms with van der Waals surface area (Å²) in [7, 11) is 0. The smallest absolute Gasteiger partial charge is 0.239 e. The zero-order valence-electron chi connectivity index (χ0n) is 12.8. The van der Waals surface area contributed by atoms with E-state index in [1.165, 1.54) is 0 Å². The van der Waals surface area contributed by atoms with Gasteiger partial charge in [-0.05, 0) is 48.4 Å². The van der Waals surface area contributed by atoms with Crippen molar-refractivity contribution in [3.63, 3.8) is 0 Å². The first kappa shape index (κ1) is 16.8. The topological polar surface area (TPSA) is 49.4 Å². The molecule has 6 heteroatoms. The van der Waals surface area contributed by atoms with E-state index in [0.717, 1.165) is 11.3 Å². The number of hydrogen-bond donors (Lipinski definition) is 1. The maximum atomic E-state index is 12.5. The van der Waals surface area contributed by atoms with E-state index in [2.05, 4.69) is 5.32 Å². The number of nitrogens with zero attached hydrogens (tertiary/aromatic N) is 1. The molecule has 124 valence electrons. The van der Waals surface area contributed by atoms with Gasteiger partial charge in [-0.25, -0.2) is 0 Å². The number of carbonyl (C=O) groups excluding carboxylic acids is 2. The summed E-state index contributed by atoms with van der Waals surface area (Å²) in [5, 5.41) is 4.08. The molecule has 4 nitrogen and oxygen atoms in total. The number of benzene rings is 2. The van der Waals surface area contributed by atoms with Gasteiger partial charge in [-0.15, -0.1) is 0 Å². The molecule has 0 spiro atoms. The van der Waals surface area contributed by atoms with E-state index in [0.29, 0.717) is 29.6 Å². The van der Waals surface area contributed by atoms with Crippen LogP contribution >= 0.6 is 23.2 Å². The highest BCUT2D eigenvalue weighted by molar-refractivity contribution is 6.30. The highest BCUT2D eigenvalue weighted by Gasteiger charge is 2.37. The molecular weight excluding hydrogens is 347 g/mol. The lowest BCUT2D eigenvalue weighted by atomic mass is 10.1. The number of nitrogens with one attached hydrogen (secondary N) is 1. The lowest BCUT2D eigenvalue weighted by Gasteiger charge is -2.17. The van der Waals surface area contributed by atoms with Crippen molar-refractivity contribution in [2.45, 2.75) is 13.0 Å². The minimum atomic E-state index is -0.645. The van der Waals surface area contributed by atoms with E-state index in [-0.39, 0.29) is 11.8 Å². The average molecular weight is 363 g/mol. The van der Waals surface area contributed by atoms with Crippen LogP contribution in [0.3, 0.4) is 0 Å². The molecule has 3 rings (SSSR count). The molecule has 1 N–H and O–H groups in total. The Balaban J connectivity index is 1.61. The molecule has 2 aromatic rings. The second-order valence-corrected chi connectivity index (χ2v) is 6.52. The summed E-state index contributed by atoms with van der Waals surface area (Å²) in [6.45, 7) is 0.903. The first-order valence-corrected chi connectivity index (χ1v) is 8.39. The molecule has 0 aromatic heterocycles. The highest BCUT2D eigenvalue weighted by Crippen LogP contribution is 2.26. The highest BCUT2D eigenvalue weighted by atomic mass is 35.5. The minimum Gasteiger partial charge on any atom is -0.351 e. The Labute approximate surface area is 150 Å². The number of amides is 2. The van der Waals surface area contributed by atoms with Gasteiger partial charge in [0.25, 0.3) is 0 Å². The van der Waals surface area contributed by atoms with Crippen LogP contribution in [0.5, 0.6) is 0 Å².